The van der Waals surface area contributed by atoms with Gasteiger partial charge in [-0.25, -0.2) is 4.68 Å². The topological polar surface area (TPSA) is 91.4 Å². The molecular formula is C23H27F3N4O3. The number of nitrogen functional groups attached to an aromatic ring is 1. The van der Waals surface area contributed by atoms with Crippen molar-refractivity contribution in [3.8, 4) is 5.75 Å². The zero-order chi connectivity index (χ0) is 23.2. The summed E-state index contributed by atoms with van der Waals surface area (Å²) in [4.78, 5) is 13.1. The van der Waals surface area contributed by atoms with Crippen molar-refractivity contribution < 1.29 is 27.4 Å². The second-order valence-corrected chi connectivity index (χ2v) is 9.19. The van der Waals surface area contributed by atoms with Crippen molar-refractivity contribution in [1.29, 1.82) is 0 Å². The van der Waals surface area contributed by atoms with E-state index in [-0.39, 0.29) is 24.9 Å². The average Bonchev–Trinajstić information content (AvgIpc) is 3.40. The number of aromatic nitrogens is 2. The predicted octanol–water partition coefficient (Wildman–Crippen LogP) is 3.74. The SMILES string of the molecule is Nc1c2c(nn1CCC1CC1)C1COC[C@]1(c1ccc(OCCCC(F)(F)F)cc1)NC2=O. The molecule has 1 aliphatic carbocycles. The van der Waals surface area contributed by atoms with Crippen LogP contribution in [0.1, 0.15) is 59.6 Å². The molecule has 1 unspecified atom stereocenters. The van der Waals surface area contributed by atoms with Crippen LogP contribution in [0, 0.1) is 5.92 Å². The number of hydrogen-bond donors (Lipinski definition) is 2. The Kier molecular flexibility index (Phi) is 5.50. The first kappa shape index (κ1) is 22.1. The van der Waals surface area contributed by atoms with E-state index >= 15 is 0 Å². The van der Waals surface area contributed by atoms with Gasteiger partial charge < -0.3 is 20.5 Å². The molecule has 3 aliphatic rings. The Morgan fingerprint density at radius 3 is 2.73 bits per heavy atom. The number of benzene rings is 1. The highest BCUT2D eigenvalue weighted by atomic mass is 19.4. The van der Waals surface area contributed by atoms with Crippen LogP contribution in [0.3, 0.4) is 0 Å². The Morgan fingerprint density at radius 2 is 2.03 bits per heavy atom. The maximum atomic E-state index is 13.1. The summed E-state index contributed by atoms with van der Waals surface area (Å²) in [6.07, 6.45) is -1.68. The zero-order valence-corrected chi connectivity index (χ0v) is 18.2. The van der Waals surface area contributed by atoms with Crippen molar-refractivity contribution in [1.82, 2.24) is 15.1 Å². The summed E-state index contributed by atoms with van der Waals surface area (Å²) < 4.78 is 49.9. The standard InChI is InChI=1S/C23H27F3N4O3/c24-23(25,26)9-1-11-33-16-6-4-15(5-7-16)22-13-32-12-17(22)19-18(21(31)28-22)20(27)30(29-19)10-8-14-2-3-14/h4-7,14,17H,1-3,8-13,27H2,(H,28,31)/t17?,22-/m1/s1. The molecule has 0 spiro atoms. The smallest absolute Gasteiger partial charge is 0.389 e. The number of carbonyl (C=O) groups is 1. The minimum atomic E-state index is -4.18. The molecule has 0 radical (unpaired) electrons. The van der Waals surface area contributed by atoms with Crippen molar-refractivity contribution in [2.45, 2.75) is 56.3 Å². The fourth-order valence-corrected chi connectivity index (χ4v) is 4.80. The third kappa shape index (κ3) is 4.28. The van der Waals surface area contributed by atoms with Gasteiger partial charge in [-0.3, -0.25) is 4.79 Å². The molecule has 2 fully saturated rings. The average molecular weight is 464 g/mol. The molecular weight excluding hydrogens is 437 g/mol. The van der Waals surface area contributed by atoms with Gasteiger partial charge in [-0.2, -0.15) is 18.3 Å². The van der Waals surface area contributed by atoms with Crippen molar-refractivity contribution in [2.24, 2.45) is 5.92 Å². The van der Waals surface area contributed by atoms with Gasteiger partial charge in [0.15, 0.2) is 0 Å². The summed E-state index contributed by atoms with van der Waals surface area (Å²) in [6.45, 7) is 1.37. The number of nitrogens with one attached hydrogen (secondary N) is 1. The van der Waals surface area contributed by atoms with Crippen molar-refractivity contribution in [3.63, 3.8) is 0 Å². The van der Waals surface area contributed by atoms with Gasteiger partial charge in [0.1, 0.15) is 17.1 Å². The van der Waals surface area contributed by atoms with Crippen LogP contribution in [0.25, 0.3) is 0 Å². The lowest BCUT2D eigenvalue weighted by atomic mass is 9.75. The number of aryl methyl sites for hydroxylation is 1. The lowest BCUT2D eigenvalue weighted by Crippen LogP contribution is -2.53. The summed E-state index contributed by atoms with van der Waals surface area (Å²) in [6, 6.07) is 7.05. The highest BCUT2D eigenvalue weighted by molar-refractivity contribution is 6.02. The van der Waals surface area contributed by atoms with E-state index in [1.54, 1.807) is 16.8 Å². The van der Waals surface area contributed by atoms with Crippen LogP contribution in [0.4, 0.5) is 19.0 Å². The van der Waals surface area contributed by atoms with Gasteiger partial charge in [0.2, 0.25) is 0 Å². The molecule has 1 amide bonds. The summed E-state index contributed by atoms with van der Waals surface area (Å²) in [5.74, 6) is 1.14. The molecule has 5 rings (SSSR count). The monoisotopic (exact) mass is 464 g/mol. The fourth-order valence-electron chi connectivity index (χ4n) is 4.80. The molecule has 1 saturated heterocycles. The molecule has 10 heteroatoms. The Balaban J connectivity index is 1.34. The Labute approximate surface area is 189 Å². The van der Waals surface area contributed by atoms with Crippen LogP contribution in [-0.2, 0) is 16.8 Å². The molecule has 33 heavy (non-hydrogen) atoms. The summed E-state index contributed by atoms with van der Waals surface area (Å²) >= 11 is 0. The highest BCUT2D eigenvalue weighted by Crippen LogP contribution is 2.47. The molecule has 2 aromatic rings. The van der Waals surface area contributed by atoms with Gasteiger partial charge in [-0.15, -0.1) is 0 Å². The number of alkyl halides is 3. The summed E-state index contributed by atoms with van der Waals surface area (Å²) in [5, 5.41) is 7.86. The quantitative estimate of drug-likeness (QED) is 0.581. The Hall–Kier alpha value is -2.75. The first-order valence-electron chi connectivity index (χ1n) is 11.3. The third-order valence-electron chi connectivity index (χ3n) is 6.81. The van der Waals surface area contributed by atoms with E-state index in [4.69, 9.17) is 20.3 Å². The predicted molar refractivity (Wildman–Crippen MR) is 114 cm³/mol. The van der Waals surface area contributed by atoms with E-state index in [9.17, 15) is 18.0 Å². The largest absolute Gasteiger partial charge is 0.494 e. The normalized spacial score (nSPS) is 24.3. The summed E-state index contributed by atoms with van der Waals surface area (Å²) in [5.41, 5.74) is 7.45. The van der Waals surface area contributed by atoms with Crippen molar-refractivity contribution >= 4 is 11.7 Å². The Morgan fingerprint density at radius 1 is 1.27 bits per heavy atom. The second kappa shape index (κ2) is 8.23. The molecule has 1 aromatic carbocycles. The number of ether oxygens (including phenoxy) is 2. The number of anilines is 1. The number of nitrogens with two attached hydrogens (primary N) is 1. The van der Waals surface area contributed by atoms with Gasteiger partial charge in [0.25, 0.3) is 5.91 Å². The third-order valence-corrected chi connectivity index (χ3v) is 6.81. The van der Waals surface area contributed by atoms with Crippen LogP contribution in [0.5, 0.6) is 5.75 Å². The van der Waals surface area contributed by atoms with Gasteiger partial charge in [-0.1, -0.05) is 25.0 Å². The molecule has 178 valence electrons. The zero-order valence-electron chi connectivity index (χ0n) is 18.2. The van der Waals surface area contributed by atoms with Crippen LogP contribution in [-0.4, -0.2) is 41.7 Å². The summed E-state index contributed by atoms with van der Waals surface area (Å²) in [7, 11) is 0. The number of halogens is 3. The van der Waals surface area contributed by atoms with Crippen LogP contribution >= 0.6 is 0 Å². The fraction of sp³-hybridized carbons (Fsp3) is 0.565. The number of fused-ring (bicyclic) bond motifs is 3. The van der Waals surface area contributed by atoms with Crippen molar-refractivity contribution in [2.75, 3.05) is 25.6 Å². The van der Waals surface area contributed by atoms with Crippen LogP contribution < -0.4 is 15.8 Å². The molecule has 2 aliphatic heterocycles. The number of carbonyl (C=O) groups excluding carboxylic acids is 1. The van der Waals surface area contributed by atoms with E-state index in [2.05, 4.69) is 5.32 Å². The molecule has 3 N–H and O–H groups in total. The first-order chi connectivity index (χ1) is 15.8. The number of nitrogens with zero attached hydrogens (tertiary/aromatic N) is 2. The molecule has 0 bridgehead atoms. The van der Waals surface area contributed by atoms with Gasteiger partial charge >= 0.3 is 6.18 Å². The lowest BCUT2D eigenvalue weighted by molar-refractivity contribution is -0.136. The van der Waals surface area contributed by atoms with Crippen LogP contribution in [0.15, 0.2) is 24.3 Å². The second-order valence-electron chi connectivity index (χ2n) is 9.19. The van der Waals surface area contributed by atoms with E-state index in [0.717, 1.165) is 17.9 Å². The van der Waals surface area contributed by atoms with Gasteiger partial charge in [-0.05, 0) is 36.5 Å². The van der Waals surface area contributed by atoms with E-state index in [1.807, 2.05) is 12.1 Å². The van der Waals surface area contributed by atoms with Crippen LogP contribution in [0.2, 0.25) is 0 Å². The molecule has 2 atom stereocenters. The van der Waals surface area contributed by atoms with E-state index in [0.29, 0.717) is 42.6 Å². The van der Waals surface area contributed by atoms with Crippen molar-refractivity contribution in [3.05, 3.63) is 41.1 Å². The lowest BCUT2D eigenvalue weighted by Gasteiger charge is -2.38. The maximum absolute atomic E-state index is 13.1. The minimum absolute atomic E-state index is 0.0204. The highest BCUT2D eigenvalue weighted by Gasteiger charge is 2.54. The Bertz CT molecular complexity index is 1030. The van der Waals surface area contributed by atoms with E-state index < -0.39 is 18.1 Å². The molecule has 1 saturated carbocycles. The van der Waals surface area contributed by atoms with Gasteiger partial charge in [0.05, 0.1) is 37.0 Å². The minimum Gasteiger partial charge on any atom is -0.494 e. The molecule has 3 heterocycles. The maximum Gasteiger partial charge on any atom is 0.389 e. The first-order valence-corrected chi connectivity index (χ1v) is 11.3. The van der Waals surface area contributed by atoms with E-state index in [1.165, 1.54) is 12.8 Å². The number of hydrogen-bond acceptors (Lipinski definition) is 5. The molecule has 7 nitrogen and oxygen atoms in total. The number of rotatable bonds is 8. The number of amides is 1. The molecule has 1 aromatic heterocycles. The van der Waals surface area contributed by atoms with Gasteiger partial charge in [0, 0.05) is 13.0 Å².